The van der Waals surface area contributed by atoms with Gasteiger partial charge in [-0.3, -0.25) is 14.7 Å². The summed E-state index contributed by atoms with van der Waals surface area (Å²) < 4.78 is 14.2. The van der Waals surface area contributed by atoms with Crippen LogP contribution in [0.25, 0.3) is 0 Å². The number of hydrogen-bond donors (Lipinski definition) is 2. The van der Waals surface area contributed by atoms with Crippen molar-refractivity contribution in [2.45, 2.75) is 20.4 Å². The minimum Gasteiger partial charge on any atom is -0.359 e. The second kappa shape index (κ2) is 11.3. The predicted octanol–water partition coefficient (Wildman–Crippen LogP) is 2.67. The van der Waals surface area contributed by atoms with Crippen molar-refractivity contribution in [3.8, 4) is 0 Å². The fraction of sp³-hybridized carbons (Fsp3) is 0.579. The third-order valence-corrected chi connectivity index (χ3v) is 5.45. The van der Waals surface area contributed by atoms with E-state index in [1.807, 2.05) is 19.9 Å². The summed E-state index contributed by atoms with van der Waals surface area (Å²) in [6, 6.07) is 5.28. The van der Waals surface area contributed by atoms with Gasteiger partial charge in [-0.25, -0.2) is 4.39 Å². The molecule has 1 aliphatic rings. The standard InChI is InChI=1S/C19H29BrFN5O.HI/c1-19(2,17(27)22-3)13-24-18(23-4)26-9-7-25(8-10-26)12-14-5-6-15(20)16(21)11-14;/h5-6,11H,7-10,12-13H2,1-4H3,(H,22,27)(H,23,24);1H. The molecule has 6 nitrogen and oxygen atoms in total. The summed E-state index contributed by atoms with van der Waals surface area (Å²) in [7, 11) is 3.40. The number of guanidine groups is 1. The van der Waals surface area contributed by atoms with Crippen molar-refractivity contribution >= 4 is 51.8 Å². The minimum atomic E-state index is -0.516. The Morgan fingerprint density at radius 1 is 1.29 bits per heavy atom. The summed E-state index contributed by atoms with van der Waals surface area (Å²) in [6.45, 7) is 8.46. The van der Waals surface area contributed by atoms with E-state index >= 15 is 0 Å². The number of hydrogen-bond acceptors (Lipinski definition) is 3. The van der Waals surface area contributed by atoms with Gasteiger partial charge in [-0.2, -0.15) is 0 Å². The molecule has 2 N–H and O–H groups in total. The molecule has 1 heterocycles. The number of amides is 1. The van der Waals surface area contributed by atoms with E-state index < -0.39 is 5.41 Å². The number of nitrogens with zero attached hydrogens (tertiary/aromatic N) is 3. The number of rotatable bonds is 5. The molecule has 2 rings (SSSR count). The number of nitrogens with one attached hydrogen (secondary N) is 2. The van der Waals surface area contributed by atoms with Crippen LogP contribution < -0.4 is 10.6 Å². The zero-order chi connectivity index (χ0) is 20.0. The smallest absolute Gasteiger partial charge is 0.227 e. The molecule has 28 heavy (non-hydrogen) atoms. The first-order valence-corrected chi connectivity index (χ1v) is 9.90. The van der Waals surface area contributed by atoms with Crippen LogP contribution in [-0.2, 0) is 11.3 Å². The molecule has 1 aromatic rings. The molecule has 0 saturated carbocycles. The molecule has 1 aliphatic heterocycles. The Morgan fingerprint density at radius 2 is 1.93 bits per heavy atom. The van der Waals surface area contributed by atoms with E-state index in [1.54, 1.807) is 26.2 Å². The van der Waals surface area contributed by atoms with Crippen LogP contribution in [0.4, 0.5) is 4.39 Å². The normalized spacial score (nSPS) is 15.8. The molecule has 0 aromatic heterocycles. The van der Waals surface area contributed by atoms with Crippen LogP contribution in [0, 0.1) is 11.2 Å². The monoisotopic (exact) mass is 569 g/mol. The third kappa shape index (κ3) is 6.84. The van der Waals surface area contributed by atoms with Crippen LogP contribution in [-0.4, -0.2) is 68.5 Å². The van der Waals surface area contributed by atoms with Gasteiger partial charge in [-0.1, -0.05) is 6.07 Å². The lowest BCUT2D eigenvalue weighted by molar-refractivity contribution is -0.128. The van der Waals surface area contributed by atoms with Crippen molar-refractivity contribution in [2.24, 2.45) is 10.4 Å². The third-order valence-electron chi connectivity index (χ3n) is 4.80. The Morgan fingerprint density at radius 3 is 2.46 bits per heavy atom. The van der Waals surface area contributed by atoms with E-state index in [0.717, 1.165) is 44.2 Å². The number of piperazine rings is 1. The number of carbonyl (C=O) groups is 1. The average Bonchev–Trinajstić information content (AvgIpc) is 2.65. The van der Waals surface area contributed by atoms with Crippen molar-refractivity contribution in [1.29, 1.82) is 0 Å². The lowest BCUT2D eigenvalue weighted by atomic mass is 9.92. The first-order valence-electron chi connectivity index (χ1n) is 9.11. The molecule has 1 fully saturated rings. The van der Waals surface area contributed by atoms with Gasteiger partial charge in [0.15, 0.2) is 5.96 Å². The maximum atomic E-state index is 13.7. The lowest BCUT2D eigenvalue weighted by Crippen LogP contribution is -2.54. The molecule has 0 spiro atoms. The Labute approximate surface area is 192 Å². The maximum Gasteiger partial charge on any atom is 0.227 e. The molecule has 9 heteroatoms. The van der Waals surface area contributed by atoms with Crippen molar-refractivity contribution in [2.75, 3.05) is 46.8 Å². The van der Waals surface area contributed by atoms with Crippen LogP contribution in [0.15, 0.2) is 27.7 Å². The van der Waals surface area contributed by atoms with Gasteiger partial charge >= 0.3 is 0 Å². The van der Waals surface area contributed by atoms with Gasteiger partial charge in [0.2, 0.25) is 5.91 Å². The summed E-state index contributed by atoms with van der Waals surface area (Å²) in [5.41, 5.74) is 0.456. The molecule has 0 unspecified atom stereocenters. The first-order chi connectivity index (χ1) is 12.8. The van der Waals surface area contributed by atoms with Gasteiger partial charge in [-0.05, 0) is 47.5 Å². The van der Waals surface area contributed by atoms with Crippen molar-refractivity contribution in [1.82, 2.24) is 20.4 Å². The zero-order valence-electron chi connectivity index (χ0n) is 16.9. The molecule has 0 aliphatic carbocycles. The summed E-state index contributed by atoms with van der Waals surface area (Å²) in [5.74, 6) is 0.577. The maximum absolute atomic E-state index is 13.7. The second-order valence-electron chi connectivity index (χ2n) is 7.38. The van der Waals surface area contributed by atoms with Crippen molar-refractivity contribution in [3.05, 3.63) is 34.1 Å². The van der Waals surface area contributed by atoms with E-state index in [2.05, 4.69) is 41.4 Å². The van der Waals surface area contributed by atoms with E-state index in [4.69, 9.17) is 0 Å². The molecule has 1 amide bonds. The highest BCUT2D eigenvalue weighted by Gasteiger charge is 2.28. The van der Waals surface area contributed by atoms with Crippen LogP contribution in [0.1, 0.15) is 19.4 Å². The number of benzene rings is 1. The second-order valence-corrected chi connectivity index (χ2v) is 8.23. The predicted molar refractivity (Wildman–Crippen MR) is 126 cm³/mol. The topological polar surface area (TPSA) is 60.0 Å². The highest BCUT2D eigenvalue weighted by atomic mass is 127. The molecular weight excluding hydrogens is 540 g/mol. The van der Waals surface area contributed by atoms with Crippen LogP contribution >= 0.6 is 39.9 Å². The summed E-state index contributed by atoms with van der Waals surface area (Å²) in [5, 5.41) is 6.01. The molecule has 1 saturated heterocycles. The lowest BCUT2D eigenvalue weighted by Gasteiger charge is -2.37. The summed E-state index contributed by atoms with van der Waals surface area (Å²) >= 11 is 3.19. The Balaban J connectivity index is 0.00000392. The molecule has 158 valence electrons. The largest absolute Gasteiger partial charge is 0.359 e. The molecular formula is C19H30BrFIN5O. The molecule has 0 radical (unpaired) electrons. The van der Waals surface area contributed by atoms with Gasteiger partial charge in [0.1, 0.15) is 5.82 Å². The average molecular weight is 570 g/mol. The molecule has 0 atom stereocenters. The Bertz CT molecular complexity index is 693. The Kier molecular flexibility index (Phi) is 10.1. The van der Waals surface area contributed by atoms with Crippen molar-refractivity contribution < 1.29 is 9.18 Å². The minimum absolute atomic E-state index is 0. The van der Waals surface area contributed by atoms with Crippen molar-refractivity contribution in [3.63, 3.8) is 0 Å². The van der Waals surface area contributed by atoms with E-state index in [9.17, 15) is 9.18 Å². The quantitative estimate of drug-likeness (QED) is 0.325. The highest BCUT2D eigenvalue weighted by Crippen LogP contribution is 2.18. The van der Waals surface area contributed by atoms with Gasteiger partial charge in [-0.15, -0.1) is 24.0 Å². The van der Waals surface area contributed by atoms with Gasteiger partial charge in [0.25, 0.3) is 0 Å². The summed E-state index contributed by atoms with van der Waals surface area (Å²) in [4.78, 5) is 20.8. The number of aliphatic imine (C=N–C) groups is 1. The molecule has 0 bridgehead atoms. The number of halogens is 3. The van der Waals surface area contributed by atoms with E-state index in [1.165, 1.54) is 0 Å². The highest BCUT2D eigenvalue weighted by molar-refractivity contribution is 14.0. The van der Waals surface area contributed by atoms with E-state index in [-0.39, 0.29) is 35.7 Å². The fourth-order valence-corrected chi connectivity index (χ4v) is 3.31. The zero-order valence-corrected chi connectivity index (χ0v) is 20.8. The first kappa shape index (κ1) is 25.1. The molecule has 1 aromatic carbocycles. The van der Waals surface area contributed by atoms with Gasteiger partial charge in [0.05, 0.1) is 9.89 Å². The SMILES string of the molecule is CN=C(NCC(C)(C)C(=O)NC)N1CCN(Cc2ccc(Br)c(F)c2)CC1.I. The number of carbonyl (C=O) groups excluding carboxylic acids is 1. The van der Waals surface area contributed by atoms with Gasteiger partial charge < -0.3 is 15.5 Å². The fourth-order valence-electron chi connectivity index (χ4n) is 3.06. The van der Waals surface area contributed by atoms with Crippen LogP contribution in [0.2, 0.25) is 0 Å². The summed E-state index contributed by atoms with van der Waals surface area (Å²) in [6.07, 6.45) is 0. The Hall–Kier alpha value is -0.940. The van der Waals surface area contributed by atoms with E-state index in [0.29, 0.717) is 11.0 Å². The van der Waals surface area contributed by atoms with Crippen LogP contribution in [0.5, 0.6) is 0 Å². The van der Waals surface area contributed by atoms with Gasteiger partial charge in [0, 0.05) is 53.4 Å². The van der Waals surface area contributed by atoms with Crippen LogP contribution in [0.3, 0.4) is 0 Å².